The summed E-state index contributed by atoms with van der Waals surface area (Å²) in [4.78, 5) is 24.7. The van der Waals surface area contributed by atoms with Gasteiger partial charge in [0.15, 0.2) is 0 Å². The van der Waals surface area contributed by atoms with Gasteiger partial charge in [0, 0.05) is 13.7 Å². The standard InChI is InChI=1S/C10H18N2O3/c1-5-10(3)8(13)11-9(14)12(10)6-7(2)15-4/h7H,5-6H2,1-4H3,(H,11,13,14). The Labute approximate surface area is 89.8 Å². The molecule has 1 N–H and O–H groups in total. The summed E-state index contributed by atoms with van der Waals surface area (Å²) < 4.78 is 5.10. The van der Waals surface area contributed by atoms with Crippen molar-refractivity contribution < 1.29 is 14.3 Å². The van der Waals surface area contributed by atoms with Gasteiger partial charge in [0.25, 0.3) is 5.91 Å². The van der Waals surface area contributed by atoms with E-state index in [9.17, 15) is 9.59 Å². The van der Waals surface area contributed by atoms with E-state index in [0.29, 0.717) is 13.0 Å². The molecule has 2 atom stereocenters. The average Bonchev–Trinajstić information content (AvgIpc) is 2.42. The van der Waals surface area contributed by atoms with E-state index in [1.54, 1.807) is 18.9 Å². The van der Waals surface area contributed by atoms with Crippen molar-refractivity contribution in [1.82, 2.24) is 10.2 Å². The molecule has 1 fully saturated rings. The van der Waals surface area contributed by atoms with E-state index in [0.717, 1.165) is 0 Å². The highest BCUT2D eigenvalue weighted by Gasteiger charge is 2.48. The Bertz CT molecular complexity index is 280. The van der Waals surface area contributed by atoms with Gasteiger partial charge in [-0.2, -0.15) is 0 Å². The fourth-order valence-corrected chi connectivity index (χ4v) is 1.61. The number of hydrogen-bond donors (Lipinski definition) is 1. The van der Waals surface area contributed by atoms with Gasteiger partial charge < -0.3 is 9.64 Å². The fourth-order valence-electron chi connectivity index (χ4n) is 1.61. The Morgan fingerprint density at radius 3 is 2.60 bits per heavy atom. The van der Waals surface area contributed by atoms with Crippen LogP contribution in [0.5, 0.6) is 0 Å². The molecule has 3 amide bonds. The first-order chi connectivity index (χ1) is 6.95. The van der Waals surface area contributed by atoms with Crippen LogP contribution in [-0.4, -0.2) is 42.1 Å². The average molecular weight is 214 g/mol. The van der Waals surface area contributed by atoms with E-state index in [-0.39, 0.29) is 18.0 Å². The molecule has 0 spiro atoms. The van der Waals surface area contributed by atoms with Crippen LogP contribution in [0, 0.1) is 0 Å². The number of carbonyl (C=O) groups excluding carboxylic acids is 2. The van der Waals surface area contributed by atoms with Crippen molar-refractivity contribution in [2.75, 3.05) is 13.7 Å². The number of urea groups is 1. The van der Waals surface area contributed by atoms with Crippen molar-refractivity contribution >= 4 is 11.9 Å². The molecular weight excluding hydrogens is 196 g/mol. The number of nitrogens with zero attached hydrogens (tertiary/aromatic N) is 1. The minimum atomic E-state index is -0.732. The summed E-state index contributed by atoms with van der Waals surface area (Å²) in [5.74, 6) is -0.224. The lowest BCUT2D eigenvalue weighted by Gasteiger charge is -2.32. The number of hydrogen-bond acceptors (Lipinski definition) is 3. The van der Waals surface area contributed by atoms with Crippen molar-refractivity contribution in [2.24, 2.45) is 0 Å². The van der Waals surface area contributed by atoms with Crippen LogP contribution in [0.15, 0.2) is 0 Å². The summed E-state index contributed by atoms with van der Waals surface area (Å²) in [5.41, 5.74) is -0.732. The van der Waals surface area contributed by atoms with Crippen molar-refractivity contribution in [2.45, 2.75) is 38.8 Å². The Morgan fingerprint density at radius 2 is 2.13 bits per heavy atom. The minimum Gasteiger partial charge on any atom is -0.380 e. The van der Waals surface area contributed by atoms with Crippen LogP contribution in [0.4, 0.5) is 4.79 Å². The molecule has 2 unspecified atom stereocenters. The number of ether oxygens (including phenoxy) is 1. The van der Waals surface area contributed by atoms with Crippen molar-refractivity contribution in [1.29, 1.82) is 0 Å². The first-order valence-corrected chi connectivity index (χ1v) is 5.11. The largest absolute Gasteiger partial charge is 0.380 e. The van der Waals surface area contributed by atoms with E-state index in [2.05, 4.69) is 5.32 Å². The molecule has 0 aromatic heterocycles. The molecule has 5 heteroatoms. The van der Waals surface area contributed by atoms with E-state index < -0.39 is 5.54 Å². The predicted molar refractivity (Wildman–Crippen MR) is 55.4 cm³/mol. The zero-order chi connectivity index (χ0) is 11.6. The molecule has 0 radical (unpaired) electrons. The van der Waals surface area contributed by atoms with Crippen LogP contribution in [-0.2, 0) is 9.53 Å². The molecule has 86 valence electrons. The van der Waals surface area contributed by atoms with Gasteiger partial charge in [0.05, 0.1) is 6.10 Å². The summed E-state index contributed by atoms with van der Waals surface area (Å²) >= 11 is 0. The maximum Gasteiger partial charge on any atom is 0.325 e. The molecule has 0 bridgehead atoms. The smallest absolute Gasteiger partial charge is 0.325 e. The second kappa shape index (κ2) is 4.18. The van der Waals surface area contributed by atoms with Gasteiger partial charge in [-0.25, -0.2) is 4.79 Å². The second-order valence-electron chi connectivity index (χ2n) is 4.04. The Kier molecular flexibility index (Phi) is 3.34. The van der Waals surface area contributed by atoms with Crippen LogP contribution < -0.4 is 5.32 Å². The first kappa shape index (κ1) is 12.0. The van der Waals surface area contributed by atoms with Gasteiger partial charge in [0.2, 0.25) is 0 Å². The zero-order valence-electron chi connectivity index (χ0n) is 9.66. The maximum atomic E-state index is 11.6. The van der Waals surface area contributed by atoms with E-state index >= 15 is 0 Å². The molecule has 0 aromatic carbocycles. The van der Waals surface area contributed by atoms with Gasteiger partial charge in [-0.15, -0.1) is 0 Å². The first-order valence-electron chi connectivity index (χ1n) is 5.11. The predicted octanol–water partition coefficient (Wildman–Crippen LogP) is 0.742. The lowest BCUT2D eigenvalue weighted by atomic mass is 9.97. The third-order valence-corrected chi connectivity index (χ3v) is 3.08. The second-order valence-corrected chi connectivity index (χ2v) is 4.04. The van der Waals surface area contributed by atoms with Crippen LogP contribution in [0.2, 0.25) is 0 Å². The SMILES string of the molecule is CCC1(C)C(=O)NC(=O)N1CC(C)OC. The topological polar surface area (TPSA) is 58.6 Å². The third-order valence-electron chi connectivity index (χ3n) is 3.08. The molecule has 1 saturated heterocycles. The maximum absolute atomic E-state index is 11.6. The third kappa shape index (κ3) is 1.97. The normalized spacial score (nSPS) is 28.1. The number of methoxy groups -OCH3 is 1. The summed E-state index contributed by atoms with van der Waals surface area (Å²) in [7, 11) is 1.59. The summed E-state index contributed by atoms with van der Waals surface area (Å²) in [5, 5.41) is 2.33. The molecule has 1 heterocycles. The highest BCUT2D eigenvalue weighted by molar-refractivity contribution is 6.06. The highest BCUT2D eigenvalue weighted by atomic mass is 16.5. The van der Waals surface area contributed by atoms with Gasteiger partial charge in [-0.3, -0.25) is 10.1 Å². The molecule has 15 heavy (non-hydrogen) atoms. The van der Waals surface area contributed by atoms with E-state index in [1.165, 1.54) is 0 Å². The molecule has 0 aromatic rings. The highest BCUT2D eigenvalue weighted by Crippen LogP contribution is 2.25. The Balaban J connectivity index is 2.84. The number of amides is 3. The van der Waals surface area contributed by atoms with E-state index in [1.807, 2.05) is 13.8 Å². The molecule has 1 rings (SSSR count). The lowest BCUT2D eigenvalue weighted by molar-refractivity contribution is -0.126. The van der Waals surface area contributed by atoms with Crippen molar-refractivity contribution in [3.63, 3.8) is 0 Å². The molecule has 1 aliphatic heterocycles. The fraction of sp³-hybridized carbons (Fsp3) is 0.800. The minimum absolute atomic E-state index is 0.0764. The van der Waals surface area contributed by atoms with Crippen LogP contribution in [0.1, 0.15) is 27.2 Å². The molecule has 0 saturated carbocycles. The van der Waals surface area contributed by atoms with Gasteiger partial charge in [-0.05, 0) is 20.3 Å². The Morgan fingerprint density at radius 1 is 1.53 bits per heavy atom. The molecular formula is C10H18N2O3. The zero-order valence-corrected chi connectivity index (χ0v) is 9.66. The van der Waals surface area contributed by atoms with Crippen LogP contribution in [0.25, 0.3) is 0 Å². The van der Waals surface area contributed by atoms with Gasteiger partial charge >= 0.3 is 6.03 Å². The summed E-state index contributed by atoms with van der Waals surface area (Å²) in [6, 6.07) is -0.326. The van der Waals surface area contributed by atoms with Gasteiger partial charge in [-0.1, -0.05) is 6.92 Å². The van der Waals surface area contributed by atoms with E-state index in [4.69, 9.17) is 4.74 Å². The summed E-state index contributed by atoms with van der Waals surface area (Å²) in [6.45, 7) is 5.96. The molecule has 0 aliphatic carbocycles. The Hall–Kier alpha value is -1.10. The van der Waals surface area contributed by atoms with Crippen molar-refractivity contribution in [3.05, 3.63) is 0 Å². The number of rotatable bonds is 4. The van der Waals surface area contributed by atoms with Crippen molar-refractivity contribution in [3.8, 4) is 0 Å². The monoisotopic (exact) mass is 214 g/mol. The van der Waals surface area contributed by atoms with Crippen LogP contribution in [0.3, 0.4) is 0 Å². The lowest BCUT2D eigenvalue weighted by Crippen LogP contribution is -2.49. The number of carbonyl (C=O) groups is 2. The molecule has 1 aliphatic rings. The number of imide groups is 1. The number of nitrogens with one attached hydrogen (secondary N) is 1. The molecule has 5 nitrogen and oxygen atoms in total. The quantitative estimate of drug-likeness (QED) is 0.702. The summed E-state index contributed by atoms with van der Waals surface area (Å²) in [6.07, 6.45) is 0.522. The van der Waals surface area contributed by atoms with Crippen LogP contribution >= 0.6 is 0 Å². The van der Waals surface area contributed by atoms with Gasteiger partial charge in [0.1, 0.15) is 5.54 Å².